The summed E-state index contributed by atoms with van der Waals surface area (Å²) >= 11 is 1.60. The molecule has 2 aromatic heterocycles. The number of hydrogen-bond donors (Lipinski definition) is 1. The Morgan fingerprint density at radius 3 is 3.05 bits per heavy atom. The number of carboxylic acids is 1. The van der Waals surface area contributed by atoms with Crippen LogP contribution in [0.15, 0.2) is 35.8 Å². The number of fused-ring (bicyclic) bond motifs is 1. The Hall–Kier alpha value is -2.14. The highest BCUT2D eigenvalue weighted by atomic mass is 32.1. The highest BCUT2D eigenvalue weighted by Crippen LogP contribution is 2.25. The van der Waals surface area contributed by atoms with Crippen molar-refractivity contribution in [1.82, 2.24) is 9.38 Å². The van der Waals surface area contributed by atoms with Crippen LogP contribution in [-0.2, 0) is 11.2 Å². The Labute approximate surface area is 126 Å². The van der Waals surface area contributed by atoms with Crippen molar-refractivity contribution in [1.29, 1.82) is 0 Å². The maximum Gasteiger partial charge on any atom is 0.303 e. The van der Waals surface area contributed by atoms with Gasteiger partial charge in [0.15, 0.2) is 4.96 Å². The van der Waals surface area contributed by atoms with Crippen molar-refractivity contribution in [3.63, 3.8) is 0 Å². The lowest BCUT2D eigenvalue weighted by molar-refractivity contribution is -0.137. The molecule has 0 radical (unpaired) electrons. The van der Waals surface area contributed by atoms with Crippen molar-refractivity contribution in [2.45, 2.75) is 26.2 Å². The summed E-state index contributed by atoms with van der Waals surface area (Å²) in [6, 6.07) is 8.28. The van der Waals surface area contributed by atoms with Gasteiger partial charge < -0.3 is 5.11 Å². The van der Waals surface area contributed by atoms with E-state index in [0.717, 1.165) is 28.3 Å². The Morgan fingerprint density at radius 2 is 2.29 bits per heavy atom. The van der Waals surface area contributed by atoms with Gasteiger partial charge in [-0.25, -0.2) is 4.98 Å². The zero-order valence-corrected chi connectivity index (χ0v) is 12.6. The van der Waals surface area contributed by atoms with E-state index in [2.05, 4.69) is 39.9 Å². The van der Waals surface area contributed by atoms with Gasteiger partial charge in [-0.05, 0) is 25.8 Å². The minimum atomic E-state index is -0.743. The number of nitrogens with zero attached hydrogens (tertiary/aromatic N) is 2. The Balaban J connectivity index is 1.87. The quantitative estimate of drug-likeness (QED) is 0.780. The average molecular weight is 300 g/mol. The molecule has 0 bridgehead atoms. The molecule has 3 rings (SSSR count). The summed E-state index contributed by atoms with van der Waals surface area (Å²) in [5.74, 6) is -0.743. The molecule has 0 aliphatic carbocycles. The van der Waals surface area contributed by atoms with Gasteiger partial charge in [0.1, 0.15) is 0 Å². The normalized spacial score (nSPS) is 11.1. The lowest BCUT2D eigenvalue weighted by Crippen LogP contribution is -1.97. The molecule has 3 aromatic rings. The fraction of sp³-hybridized carbons (Fsp3) is 0.250. The van der Waals surface area contributed by atoms with Crippen LogP contribution in [0.5, 0.6) is 0 Å². The predicted octanol–water partition coefficient (Wildman–Crippen LogP) is 3.78. The van der Waals surface area contributed by atoms with E-state index >= 15 is 0 Å². The third kappa shape index (κ3) is 2.97. The number of carboxylic acid groups (broad SMARTS) is 1. The number of rotatable bonds is 5. The molecule has 0 saturated heterocycles. The summed E-state index contributed by atoms with van der Waals surface area (Å²) in [6.45, 7) is 2.07. The van der Waals surface area contributed by atoms with Crippen molar-refractivity contribution >= 4 is 22.3 Å². The molecule has 108 valence electrons. The summed E-state index contributed by atoms with van der Waals surface area (Å²) in [4.78, 5) is 16.2. The monoisotopic (exact) mass is 300 g/mol. The van der Waals surface area contributed by atoms with Crippen LogP contribution < -0.4 is 0 Å². The molecule has 0 aliphatic rings. The summed E-state index contributed by atoms with van der Waals surface area (Å²) in [6.07, 6.45) is 3.66. The Kier molecular flexibility index (Phi) is 3.75. The van der Waals surface area contributed by atoms with E-state index in [4.69, 9.17) is 5.11 Å². The SMILES string of the molecule is Cc1cccc(-c2cn3c(CCCC(=O)O)csc3n2)c1. The zero-order chi connectivity index (χ0) is 14.8. The third-order valence-corrected chi connectivity index (χ3v) is 4.31. The molecule has 21 heavy (non-hydrogen) atoms. The van der Waals surface area contributed by atoms with Crippen LogP contribution in [0, 0.1) is 6.92 Å². The van der Waals surface area contributed by atoms with E-state index in [0.29, 0.717) is 6.42 Å². The number of aryl methyl sites for hydroxylation is 2. The van der Waals surface area contributed by atoms with Crippen LogP contribution in [0.4, 0.5) is 0 Å². The van der Waals surface area contributed by atoms with Gasteiger partial charge in [-0.3, -0.25) is 9.20 Å². The predicted molar refractivity (Wildman–Crippen MR) is 83.8 cm³/mol. The third-order valence-electron chi connectivity index (χ3n) is 3.42. The molecule has 0 spiro atoms. The lowest BCUT2D eigenvalue weighted by atomic mass is 10.1. The van der Waals surface area contributed by atoms with Crippen LogP contribution in [0.25, 0.3) is 16.2 Å². The number of imidazole rings is 1. The highest BCUT2D eigenvalue weighted by molar-refractivity contribution is 7.15. The fourth-order valence-corrected chi connectivity index (χ4v) is 3.28. The van der Waals surface area contributed by atoms with E-state index in [1.54, 1.807) is 11.3 Å². The molecule has 4 nitrogen and oxygen atoms in total. The number of hydrogen-bond acceptors (Lipinski definition) is 3. The van der Waals surface area contributed by atoms with E-state index in [-0.39, 0.29) is 6.42 Å². The number of aliphatic carboxylic acids is 1. The Morgan fingerprint density at radius 1 is 1.43 bits per heavy atom. The first-order chi connectivity index (χ1) is 10.1. The fourth-order valence-electron chi connectivity index (χ4n) is 2.37. The van der Waals surface area contributed by atoms with Crippen LogP contribution in [-0.4, -0.2) is 20.5 Å². The summed E-state index contributed by atoms with van der Waals surface area (Å²) in [7, 11) is 0. The first kappa shape index (κ1) is 13.8. The standard InChI is InChI=1S/C16H16N2O2S/c1-11-4-2-5-12(8-11)14-9-18-13(6-3-7-15(19)20)10-21-16(18)17-14/h2,4-5,8-10H,3,6-7H2,1H3,(H,19,20). The molecule has 2 heterocycles. The Bertz CT molecular complexity index is 789. The van der Waals surface area contributed by atoms with Crippen LogP contribution in [0.3, 0.4) is 0 Å². The summed E-state index contributed by atoms with van der Waals surface area (Å²) < 4.78 is 2.07. The average Bonchev–Trinajstić information content (AvgIpc) is 3.00. The second kappa shape index (κ2) is 5.69. The second-order valence-corrected chi connectivity index (χ2v) is 5.96. The topological polar surface area (TPSA) is 54.6 Å². The number of aromatic nitrogens is 2. The lowest BCUT2D eigenvalue weighted by Gasteiger charge is -1.99. The first-order valence-electron chi connectivity index (χ1n) is 6.88. The zero-order valence-electron chi connectivity index (χ0n) is 11.7. The molecule has 0 atom stereocenters. The highest BCUT2D eigenvalue weighted by Gasteiger charge is 2.10. The van der Waals surface area contributed by atoms with Gasteiger partial charge in [0, 0.05) is 29.3 Å². The van der Waals surface area contributed by atoms with Crippen LogP contribution in [0.1, 0.15) is 24.1 Å². The van der Waals surface area contributed by atoms with Gasteiger partial charge in [0.2, 0.25) is 0 Å². The molecular weight excluding hydrogens is 284 g/mol. The van der Waals surface area contributed by atoms with Crippen molar-refractivity contribution in [3.05, 3.63) is 47.1 Å². The number of thiazole rings is 1. The van der Waals surface area contributed by atoms with E-state index in [9.17, 15) is 4.79 Å². The molecule has 5 heteroatoms. The summed E-state index contributed by atoms with van der Waals surface area (Å²) in [5.41, 5.74) is 4.42. The van der Waals surface area contributed by atoms with Crippen molar-refractivity contribution in [2.75, 3.05) is 0 Å². The first-order valence-corrected chi connectivity index (χ1v) is 7.76. The molecule has 0 fully saturated rings. The smallest absolute Gasteiger partial charge is 0.303 e. The minimum Gasteiger partial charge on any atom is -0.481 e. The van der Waals surface area contributed by atoms with Crippen molar-refractivity contribution in [2.24, 2.45) is 0 Å². The van der Waals surface area contributed by atoms with Gasteiger partial charge >= 0.3 is 5.97 Å². The van der Waals surface area contributed by atoms with Gasteiger partial charge in [0.05, 0.1) is 5.69 Å². The maximum absolute atomic E-state index is 10.6. The van der Waals surface area contributed by atoms with Gasteiger partial charge in [-0.15, -0.1) is 11.3 Å². The van der Waals surface area contributed by atoms with Crippen molar-refractivity contribution in [3.8, 4) is 11.3 Å². The van der Waals surface area contributed by atoms with Crippen LogP contribution >= 0.6 is 11.3 Å². The molecule has 0 saturated carbocycles. The molecule has 0 unspecified atom stereocenters. The van der Waals surface area contributed by atoms with Gasteiger partial charge in [-0.1, -0.05) is 23.8 Å². The minimum absolute atomic E-state index is 0.205. The van der Waals surface area contributed by atoms with Gasteiger partial charge in [0.25, 0.3) is 0 Å². The molecule has 0 amide bonds. The van der Waals surface area contributed by atoms with E-state index in [1.165, 1.54) is 5.56 Å². The summed E-state index contributed by atoms with van der Waals surface area (Å²) in [5, 5.41) is 10.8. The van der Waals surface area contributed by atoms with Gasteiger partial charge in [-0.2, -0.15) is 0 Å². The molecule has 0 aliphatic heterocycles. The van der Waals surface area contributed by atoms with Crippen LogP contribution in [0.2, 0.25) is 0 Å². The largest absolute Gasteiger partial charge is 0.481 e. The maximum atomic E-state index is 10.6. The number of carbonyl (C=O) groups is 1. The second-order valence-electron chi connectivity index (χ2n) is 5.12. The molecular formula is C16H16N2O2S. The van der Waals surface area contributed by atoms with Crippen molar-refractivity contribution < 1.29 is 9.90 Å². The molecule has 1 N–H and O–H groups in total. The van der Waals surface area contributed by atoms with E-state index in [1.807, 2.05) is 12.3 Å². The molecule has 1 aromatic carbocycles. The van der Waals surface area contributed by atoms with E-state index < -0.39 is 5.97 Å². The number of benzene rings is 1.